The van der Waals surface area contributed by atoms with Gasteiger partial charge in [-0.3, -0.25) is 10.1 Å². The summed E-state index contributed by atoms with van der Waals surface area (Å²) in [6, 6.07) is -1.40. The van der Waals surface area contributed by atoms with Gasteiger partial charge in [-0.1, -0.05) is 0 Å². The van der Waals surface area contributed by atoms with Crippen LogP contribution in [-0.4, -0.2) is 86.5 Å². The van der Waals surface area contributed by atoms with Crippen molar-refractivity contribution in [1.29, 1.82) is 0 Å². The summed E-state index contributed by atoms with van der Waals surface area (Å²) >= 11 is 0. The summed E-state index contributed by atoms with van der Waals surface area (Å²) in [5, 5.41) is 57.2. The third-order valence-corrected chi connectivity index (χ3v) is 2.74. The molecule has 7 N–H and O–H groups in total. The summed E-state index contributed by atoms with van der Waals surface area (Å²) in [6.45, 7) is -1.36. The lowest BCUT2D eigenvalue weighted by Crippen LogP contribution is -2.64. The minimum Gasteiger partial charge on any atom is -0.480 e. The van der Waals surface area contributed by atoms with Gasteiger partial charge in [0.1, 0.15) is 36.7 Å². The van der Waals surface area contributed by atoms with E-state index in [1.54, 1.807) is 0 Å². The number of hydrogen-bond donors (Lipinski definition) is 7. The first kappa shape index (κ1) is 15.2. The molecule has 18 heavy (non-hydrogen) atoms. The zero-order valence-corrected chi connectivity index (χ0v) is 9.38. The minimum atomic E-state index is -1.60. The molecule has 1 aliphatic rings. The predicted molar refractivity (Wildman–Crippen MR) is 55.4 cm³/mol. The highest BCUT2D eigenvalue weighted by molar-refractivity contribution is 5.73. The van der Waals surface area contributed by atoms with E-state index in [-0.39, 0.29) is 0 Å². The number of aliphatic carboxylic acids is 1. The Morgan fingerprint density at radius 2 is 1.78 bits per heavy atom. The van der Waals surface area contributed by atoms with Crippen molar-refractivity contribution in [2.45, 2.75) is 36.7 Å². The van der Waals surface area contributed by atoms with Crippen LogP contribution in [0.15, 0.2) is 0 Å². The molecule has 9 heteroatoms. The number of rotatable bonds is 5. The summed E-state index contributed by atoms with van der Waals surface area (Å²) in [4.78, 5) is 10.7. The van der Waals surface area contributed by atoms with E-state index in [4.69, 9.17) is 20.1 Å². The van der Waals surface area contributed by atoms with Crippen molar-refractivity contribution in [3.63, 3.8) is 0 Å². The highest BCUT2D eigenvalue weighted by Gasteiger charge is 2.44. The maximum absolute atomic E-state index is 10.7. The van der Waals surface area contributed by atoms with Gasteiger partial charge >= 0.3 is 5.97 Å². The van der Waals surface area contributed by atoms with Crippen LogP contribution < -0.4 is 5.32 Å². The number of aliphatic hydroxyl groups is 5. The first-order valence-electron chi connectivity index (χ1n) is 5.32. The first-order chi connectivity index (χ1) is 8.42. The molecule has 1 aliphatic heterocycles. The summed E-state index contributed by atoms with van der Waals surface area (Å²) < 4.78 is 5.02. The number of carbonyl (C=O) groups is 1. The van der Waals surface area contributed by atoms with E-state index in [0.29, 0.717) is 0 Å². The Hall–Kier alpha value is -0.810. The van der Waals surface area contributed by atoms with Crippen LogP contribution in [0.2, 0.25) is 0 Å². The number of aliphatic hydroxyl groups excluding tert-OH is 5. The van der Waals surface area contributed by atoms with Gasteiger partial charge in [-0.2, -0.15) is 0 Å². The van der Waals surface area contributed by atoms with Gasteiger partial charge in [0, 0.05) is 0 Å². The maximum atomic E-state index is 10.7. The normalized spacial score (nSPS) is 38.4. The molecule has 1 saturated heterocycles. The van der Waals surface area contributed by atoms with Crippen molar-refractivity contribution < 1.29 is 40.2 Å². The summed E-state index contributed by atoms with van der Waals surface area (Å²) in [5.74, 6) is -1.37. The number of nitrogens with one attached hydrogen (secondary N) is 1. The molecule has 0 aromatic rings. The Bertz CT molecular complexity index is 286. The second kappa shape index (κ2) is 6.38. The lowest BCUT2D eigenvalue weighted by molar-refractivity contribution is -0.239. The summed E-state index contributed by atoms with van der Waals surface area (Å²) in [6.07, 6.45) is -7.15. The Kier molecular flexibility index (Phi) is 5.41. The van der Waals surface area contributed by atoms with Crippen LogP contribution in [-0.2, 0) is 9.53 Å². The standard InChI is InChI=1S/C9H17NO8/c11-1-3(9(16)17)10-8-7(15)6(14)5(13)4(2-12)18-8/h3-8,10-15H,1-2H2,(H,16,17)/t3?,4-,5+,6+,7-,8?/m1/s1. The van der Waals surface area contributed by atoms with E-state index in [9.17, 15) is 20.1 Å². The largest absolute Gasteiger partial charge is 0.480 e. The quantitative estimate of drug-likeness (QED) is 0.262. The second-order valence-electron chi connectivity index (χ2n) is 3.99. The van der Waals surface area contributed by atoms with Crippen molar-refractivity contribution in [2.24, 2.45) is 0 Å². The number of hydrogen-bond acceptors (Lipinski definition) is 8. The smallest absolute Gasteiger partial charge is 0.323 e. The second-order valence-corrected chi connectivity index (χ2v) is 3.99. The molecule has 106 valence electrons. The van der Waals surface area contributed by atoms with Gasteiger partial charge < -0.3 is 35.4 Å². The Balaban J connectivity index is 2.72. The monoisotopic (exact) mass is 267 g/mol. The Morgan fingerprint density at radius 1 is 1.17 bits per heavy atom. The van der Waals surface area contributed by atoms with Crippen molar-refractivity contribution in [3.05, 3.63) is 0 Å². The lowest BCUT2D eigenvalue weighted by atomic mass is 9.98. The molecular formula is C9H17NO8. The van der Waals surface area contributed by atoms with Crippen LogP contribution in [0.1, 0.15) is 0 Å². The SMILES string of the molecule is O=C(O)C(CO)NC1O[C@H](CO)[C@H](O)[C@H](O)[C@H]1O. The predicted octanol–water partition coefficient (Wildman–Crippen LogP) is -4.18. The first-order valence-corrected chi connectivity index (χ1v) is 5.32. The van der Waals surface area contributed by atoms with Crippen molar-refractivity contribution in [2.75, 3.05) is 13.2 Å². The minimum absolute atomic E-state index is 0.611. The summed E-state index contributed by atoms with van der Waals surface area (Å²) in [7, 11) is 0. The molecule has 0 bridgehead atoms. The van der Waals surface area contributed by atoms with Gasteiger partial charge in [-0.05, 0) is 0 Å². The topological polar surface area (TPSA) is 160 Å². The van der Waals surface area contributed by atoms with Crippen LogP contribution >= 0.6 is 0 Å². The number of ether oxygens (including phenoxy) is 1. The molecule has 1 heterocycles. The van der Waals surface area contributed by atoms with Gasteiger partial charge in [-0.25, -0.2) is 0 Å². The van der Waals surface area contributed by atoms with Crippen LogP contribution in [0.25, 0.3) is 0 Å². The summed E-state index contributed by atoms with van der Waals surface area (Å²) in [5.41, 5.74) is 0. The van der Waals surface area contributed by atoms with Crippen molar-refractivity contribution in [3.8, 4) is 0 Å². The van der Waals surface area contributed by atoms with Crippen molar-refractivity contribution >= 4 is 5.97 Å². The van der Waals surface area contributed by atoms with Gasteiger partial charge in [-0.15, -0.1) is 0 Å². The van der Waals surface area contributed by atoms with Crippen LogP contribution in [0.5, 0.6) is 0 Å². The van der Waals surface area contributed by atoms with E-state index < -0.39 is 55.9 Å². The molecule has 1 rings (SSSR count). The van der Waals surface area contributed by atoms with E-state index >= 15 is 0 Å². The fourth-order valence-electron chi connectivity index (χ4n) is 1.64. The molecule has 0 aromatic carbocycles. The fraction of sp³-hybridized carbons (Fsp3) is 0.889. The third kappa shape index (κ3) is 3.14. The average Bonchev–Trinajstić information content (AvgIpc) is 2.35. The number of carboxylic acids is 1. The van der Waals surface area contributed by atoms with Crippen LogP contribution in [0.3, 0.4) is 0 Å². The average molecular weight is 267 g/mol. The molecule has 0 saturated carbocycles. The maximum Gasteiger partial charge on any atom is 0.323 e. The van der Waals surface area contributed by atoms with E-state index in [1.165, 1.54) is 0 Å². The van der Waals surface area contributed by atoms with Crippen LogP contribution in [0.4, 0.5) is 0 Å². The highest BCUT2D eigenvalue weighted by atomic mass is 16.6. The molecule has 0 radical (unpaired) electrons. The molecule has 6 atom stereocenters. The van der Waals surface area contributed by atoms with Gasteiger partial charge in [0.2, 0.25) is 0 Å². The molecule has 0 amide bonds. The fourth-order valence-corrected chi connectivity index (χ4v) is 1.64. The molecular weight excluding hydrogens is 250 g/mol. The zero-order valence-electron chi connectivity index (χ0n) is 9.38. The van der Waals surface area contributed by atoms with Gasteiger partial charge in [0.25, 0.3) is 0 Å². The Labute approximate surface area is 102 Å². The third-order valence-electron chi connectivity index (χ3n) is 2.74. The van der Waals surface area contributed by atoms with Crippen LogP contribution in [0, 0.1) is 0 Å². The van der Waals surface area contributed by atoms with E-state index in [0.717, 1.165) is 0 Å². The van der Waals surface area contributed by atoms with Crippen molar-refractivity contribution in [1.82, 2.24) is 5.32 Å². The molecule has 1 fully saturated rings. The lowest BCUT2D eigenvalue weighted by Gasteiger charge is -2.40. The highest BCUT2D eigenvalue weighted by Crippen LogP contribution is 2.19. The zero-order chi connectivity index (χ0) is 13.9. The Morgan fingerprint density at radius 3 is 2.22 bits per heavy atom. The van der Waals surface area contributed by atoms with E-state index in [1.807, 2.05) is 0 Å². The molecule has 2 unspecified atom stereocenters. The molecule has 9 nitrogen and oxygen atoms in total. The molecule has 0 aliphatic carbocycles. The van der Waals surface area contributed by atoms with Gasteiger partial charge in [0.15, 0.2) is 0 Å². The van der Waals surface area contributed by atoms with E-state index in [2.05, 4.69) is 5.32 Å². The van der Waals surface area contributed by atoms with Gasteiger partial charge in [0.05, 0.1) is 13.2 Å². The number of carboxylic acid groups (broad SMARTS) is 1. The molecule has 0 spiro atoms. The molecule has 0 aromatic heterocycles.